The van der Waals surface area contributed by atoms with Gasteiger partial charge in [-0.25, -0.2) is 0 Å². The molecule has 10 unspecified atom stereocenters. The number of hydrogen-bond donors (Lipinski definition) is 6. The lowest BCUT2D eigenvalue weighted by Crippen LogP contribution is -2.65. The molecule has 11 nitrogen and oxygen atoms in total. The van der Waals surface area contributed by atoms with Crippen molar-refractivity contribution in [2.75, 3.05) is 26.4 Å². The summed E-state index contributed by atoms with van der Waals surface area (Å²) in [6.07, 6.45) is 5.57. The first-order chi connectivity index (χ1) is 20.0. The zero-order valence-electron chi connectivity index (χ0n) is 24.6. The molecule has 0 aromatic rings. The highest BCUT2D eigenvalue weighted by molar-refractivity contribution is 4.94. The average molecular weight is 593 g/mol. The van der Waals surface area contributed by atoms with Gasteiger partial charge in [-0.05, 0) is 12.8 Å². The summed E-state index contributed by atoms with van der Waals surface area (Å²) in [5, 5.41) is 62.5. The Morgan fingerprint density at radius 3 is 1.29 bits per heavy atom. The Bertz CT molecular complexity index is 668. The Morgan fingerprint density at radius 1 is 0.390 bits per heavy atom. The molecule has 4 rings (SSSR count). The predicted octanol–water partition coefficient (Wildman–Crippen LogP) is 1.91. The van der Waals surface area contributed by atoms with Crippen LogP contribution in [0.4, 0.5) is 0 Å². The van der Waals surface area contributed by atoms with Gasteiger partial charge >= 0.3 is 0 Å². The van der Waals surface area contributed by atoms with E-state index in [0.717, 1.165) is 38.5 Å². The van der Waals surface area contributed by atoms with E-state index in [2.05, 4.69) is 0 Å². The van der Waals surface area contributed by atoms with Crippen LogP contribution in [0.15, 0.2) is 0 Å². The van der Waals surface area contributed by atoms with Gasteiger partial charge in [0.25, 0.3) is 0 Å². The van der Waals surface area contributed by atoms with Crippen LogP contribution in [0.25, 0.3) is 0 Å². The second-order valence-corrected chi connectivity index (χ2v) is 11.9. The fourth-order valence-electron chi connectivity index (χ4n) is 5.96. The van der Waals surface area contributed by atoms with Crippen LogP contribution in [0.5, 0.6) is 0 Å². The standard InChI is InChI=1S/C30H56O11/c31-19-21-23(33)24(34)28-30(39-21)38-18-16-14-12-10-8-6-4-2-1-3-5-7-9-11-13-15-17-37-27-22(20-32)40-29(41-28)26(36)25(27)35/h21-36H,1-20H2. The maximum atomic E-state index is 10.8. The van der Waals surface area contributed by atoms with Gasteiger partial charge in [-0.3, -0.25) is 0 Å². The van der Waals surface area contributed by atoms with E-state index in [1.54, 1.807) is 0 Å². The zero-order chi connectivity index (χ0) is 29.5. The SMILES string of the molecule is OCC1OC2OCCCCCCCCCCCCCCCCCCOC3C(CO)OC(OC2C(O)C1O)C(O)C3O. The summed E-state index contributed by atoms with van der Waals surface area (Å²) in [6.45, 7) is -0.331. The Labute approximate surface area is 245 Å². The lowest BCUT2D eigenvalue weighted by molar-refractivity contribution is -0.369. The van der Waals surface area contributed by atoms with Crippen molar-refractivity contribution in [2.45, 2.75) is 164 Å². The molecule has 0 radical (unpaired) electrons. The highest BCUT2D eigenvalue weighted by atomic mass is 16.8. The zero-order valence-corrected chi connectivity index (χ0v) is 24.6. The number of hydrogen-bond acceptors (Lipinski definition) is 11. The largest absolute Gasteiger partial charge is 0.394 e. The summed E-state index contributed by atoms with van der Waals surface area (Å²) in [5.41, 5.74) is 0. The van der Waals surface area contributed by atoms with Crippen molar-refractivity contribution in [3.8, 4) is 0 Å². The number of aliphatic hydroxyl groups is 6. The maximum absolute atomic E-state index is 10.8. The van der Waals surface area contributed by atoms with Crippen LogP contribution in [0.3, 0.4) is 0 Å². The molecule has 4 fully saturated rings. The van der Waals surface area contributed by atoms with Crippen LogP contribution < -0.4 is 0 Å². The molecule has 11 heteroatoms. The fraction of sp³-hybridized carbons (Fsp3) is 1.00. The normalized spacial score (nSPS) is 40.8. The minimum atomic E-state index is -1.55. The predicted molar refractivity (Wildman–Crippen MR) is 150 cm³/mol. The molecule has 4 heterocycles. The average Bonchev–Trinajstić information content (AvgIpc) is 2.97. The Hall–Kier alpha value is -0.440. The van der Waals surface area contributed by atoms with Crippen molar-refractivity contribution in [1.29, 1.82) is 0 Å². The minimum Gasteiger partial charge on any atom is -0.394 e. The summed E-state index contributed by atoms with van der Waals surface area (Å²) in [6, 6.07) is 0. The number of aliphatic hydroxyl groups excluding tert-OH is 6. The molecular formula is C30H56O11. The quantitative estimate of drug-likeness (QED) is 0.277. The second-order valence-electron chi connectivity index (χ2n) is 11.9. The van der Waals surface area contributed by atoms with Crippen LogP contribution >= 0.6 is 0 Å². The third-order valence-electron chi connectivity index (χ3n) is 8.57. The first-order valence-corrected chi connectivity index (χ1v) is 16.1. The molecule has 4 aliphatic rings. The first kappa shape index (κ1) is 35.0. The minimum absolute atomic E-state index is 0.317. The summed E-state index contributed by atoms with van der Waals surface area (Å²) in [5.74, 6) is 0. The third kappa shape index (κ3) is 11.2. The van der Waals surface area contributed by atoms with Crippen LogP contribution in [-0.2, 0) is 23.7 Å². The van der Waals surface area contributed by atoms with E-state index in [1.807, 2.05) is 0 Å². The molecule has 4 aliphatic heterocycles. The van der Waals surface area contributed by atoms with Gasteiger partial charge in [-0.2, -0.15) is 0 Å². The van der Waals surface area contributed by atoms with Crippen molar-refractivity contribution >= 4 is 0 Å². The smallest absolute Gasteiger partial charge is 0.187 e. The monoisotopic (exact) mass is 592 g/mol. The van der Waals surface area contributed by atoms with Crippen molar-refractivity contribution in [3.63, 3.8) is 0 Å². The van der Waals surface area contributed by atoms with Crippen molar-refractivity contribution in [3.05, 3.63) is 0 Å². The molecule has 41 heavy (non-hydrogen) atoms. The molecule has 6 N–H and O–H groups in total. The molecule has 242 valence electrons. The molecule has 0 amide bonds. The second kappa shape index (κ2) is 19.8. The lowest BCUT2D eigenvalue weighted by Gasteiger charge is -2.46. The number of rotatable bonds is 2. The van der Waals surface area contributed by atoms with Crippen LogP contribution in [0.1, 0.15) is 103 Å². The summed E-state index contributed by atoms with van der Waals surface area (Å²) in [4.78, 5) is 0. The topological polar surface area (TPSA) is 168 Å². The Morgan fingerprint density at radius 2 is 0.805 bits per heavy atom. The summed E-state index contributed by atoms with van der Waals surface area (Å²) in [7, 11) is 0. The van der Waals surface area contributed by atoms with E-state index in [9.17, 15) is 30.6 Å². The molecule has 10 atom stereocenters. The van der Waals surface area contributed by atoms with Crippen molar-refractivity contribution < 1.29 is 54.3 Å². The van der Waals surface area contributed by atoms with E-state index in [0.29, 0.717) is 13.2 Å². The van der Waals surface area contributed by atoms with Gasteiger partial charge in [0.15, 0.2) is 12.6 Å². The Balaban J connectivity index is 1.62. The summed E-state index contributed by atoms with van der Waals surface area (Å²) >= 11 is 0. The highest BCUT2D eigenvalue weighted by Crippen LogP contribution is 2.31. The Kier molecular flexibility index (Phi) is 16.9. The van der Waals surface area contributed by atoms with Gasteiger partial charge in [0.1, 0.15) is 48.8 Å². The van der Waals surface area contributed by atoms with Crippen molar-refractivity contribution in [1.82, 2.24) is 0 Å². The van der Waals surface area contributed by atoms with Gasteiger partial charge in [0.2, 0.25) is 0 Å². The molecule has 0 aromatic heterocycles. The lowest BCUT2D eigenvalue weighted by atomic mass is 9.97. The highest BCUT2D eigenvalue weighted by Gasteiger charge is 2.51. The summed E-state index contributed by atoms with van der Waals surface area (Å²) < 4.78 is 29.1. The molecule has 4 saturated heterocycles. The molecular weight excluding hydrogens is 536 g/mol. The van der Waals surface area contributed by atoms with Gasteiger partial charge in [-0.1, -0.05) is 89.9 Å². The third-order valence-corrected chi connectivity index (χ3v) is 8.57. The molecule has 0 saturated carbocycles. The fourth-order valence-corrected chi connectivity index (χ4v) is 5.96. The van der Waals surface area contributed by atoms with Gasteiger partial charge in [0, 0.05) is 13.2 Å². The molecule has 0 spiro atoms. The van der Waals surface area contributed by atoms with E-state index >= 15 is 0 Å². The van der Waals surface area contributed by atoms with Gasteiger partial charge in [0.05, 0.1) is 13.2 Å². The van der Waals surface area contributed by atoms with Crippen LogP contribution in [0, 0.1) is 0 Å². The molecule has 0 aromatic carbocycles. The van der Waals surface area contributed by atoms with Crippen molar-refractivity contribution in [2.24, 2.45) is 0 Å². The van der Waals surface area contributed by atoms with Crippen LogP contribution in [0.2, 0.25) is 0 Å². The van der Waals surface area contributed by atoms with E-state index in [-0.39, 0.29) is 0 Å². The first-order valence-electron chi connectivity index (χ1n) is 16.1. The van der Waals surface area contributed by atoms with E-state index in [4.69, 9.17) is 23.7 Å². The molecule has 2 bridgehead atoms. The van der Waals surface area contributed by atoms with E-state index < -0.39 is 74.6 Å². The molecule has 0 aliphatic carbocycles. The maximum Gasteiger partial charge on any atom is 0.187 e. The van der Waals surface area contributed by atoms with Gasteiger partial charge < -0.3 is 54.3 Å². The van der Waals surface area contributed by atoms with Gasteiger partial charge in [-0.15, -0.1) is 0 Å². The van der Waals surface area contributed by atoms with Crippen LogP contribution in [-0.4, -0.2) is 118 Å². The number of ether oxygens (including phenoxy) is 5. The number of fused-ring (bicyclic) bond motifs is 21. The van der Waals surface area contributed by atoms with E-state index in [1.165, 1.54) is 64.2 Å².